The second-order valence-corrected chi connectivity index (χ2v) is 4.06. The molecule has 0 heterocycles. The lowest BCUT2D eigenvalue weighted by Crippen LogP contribution is -2.09. The molecule has 0 N–H and O–H groups in total. The van der Waals surface area contributed by atoms with Crippen LogP contribution in [0.25, 0.3) is 0 Å². The molecule has 4 nitrogen and oxygen atoms in total. The molecule has 0 saturated heterocycles. The minimum Gasteiger partial charge on any atom is -0.497 e. The van der Waals surface area contributed by atoms with E-state index in [1.165, 1.54) is 0 Å². The van der Waals surface area contributed by atoms with Crippen LogP contribution >= 0.6 is 0 Å². The highest BCUT2D eigenvalue weighted by atomic mass is 16.5. The van der Waals surface area contributed by atoms with E-state index in [2.05, 4.69) is 0 Å². The van der Waals surface area contributed by atoms with Crippen molar-refractivity contribution in [3.63, 3.8) is 0 Å². The molecule has 2 aromatic rings. The van der Waals surface area contributed by atoms with Crippen LogP contribution in [0.5, 0.6) is 11.5 Å². The van der Waals surface area contributed by atoms with Crippen LogP contribution in [-0.2, 0) is 6.42 Å². The highest BCUT2D eigenvalue weighted by Crippen LogP contribution is 2.20. The number of rotatable bonds is 4. The molecule has 0 saturated carbocycles. The van der Waals surface area contributed by atoms with E-state index in [-0.39, 0.29) is 6.42 Å². The summed E-state index contributed by atoms with van der Waals surface area (Å²) in [7, 11) is 1.56. The summed E-state index contributed by atoms with van der Waals surface area (Å²) in [5.41, 5.74) is 1.12. The van der Waals surface area contributed by atoms with Crippen LogP contribution < -0.4 is 9.47 Å². The molecule has 0 aliphatic carbocycles. The summed E-state index contributed by atoms with van der Waals surface area (Å²) in [6.45, 7) is 0. The number of esters is 1. The molecular weight excluding hydrogens is 254 g/mol. The van der Waals surface area contributed by atoms with Gasteiger partial charge in [-0.05, 0) is 30.3 Å². The molecule has 0 aromatic heterocycles. The number of carbonyl (C=O) groups is 1. The standard InChI is InChI=1S/C16H13NO3/c1-19-14-8-6-13(7-9-14)16(18)20-15-5-3-2-4-12(15)10-11-17/h2-9H,10H2,1H3. The topological polar surface area (TPSA) is 59.3 Å². The SMILES string of the molecule is COc1ccc(C(=O)Oc2ccccc2CC#N)cc1. The Morgan fingerprint density at radius 2 is 1.85 bits per heavy atom. The van der Waals surface area contributed by atoms with E-state index in [0.29, 0.717) is 22.6 Å². The summed E-state index contributed by atoms with van der Waals surface area (Å²) in [4.78, 5) is 12.0. The monoisotopic (exact) mass is 267 g/mol. The van der Waals surface area contributed by atoms with Crippen molar-refractivity contribution >= 4 is 5.97 Å². The fraction of sp³-hybridized carbons (Fsp3) is 0.125. The number of ether oxygens (including phenoxy) is 2. The maximum Gasteiger partial charge on any atom is 0.343 e. The van der Waals surface area contributed by atoms with Crippen LogP contribution in [0.15, 0.2) is 48.5 Å². The summed E-state index contributed by atoms with van der Waals surface area (Å²) < 4.78 is 10.4. The number of para-hydroxylation sites is 1. The molecule has 0 fully saturated rings. The number of hydrogen-bond donors (Lipinski definition) is 0. The van der Waals surface area contributed by atoms with E-state index in [4.69, 9.17) is 14.7 Å². The normalized spacial score (nSPS) is 9.60. The Labute approximate surface area is 117 Å². The maximum absolute atomic E-state index is 12.0. The molecule has 100 valence electrons. The highest BCUT2D eigenvalue weighted by molar-refractivity contribution is 5.91. The van der Waals surface area contributed by atoms with Crippen molar-refractivity contribution in [3.05, 3.63) is 59.7 Å². The van der Waals surface area contributed by atoms with Gasteiger partial charge in [0.05, 0.1) is 25.2 Å². The Balaban J connectivity index is 2.17. The fourth-order valence-electron chi connectivity index (χ4n) is 1.72. The van der Waals surface area contributed by atoms with Gasteiger partial charge in [-0.2, -0.15) is 5.26 Å². The zero-order valence-corrected chi connectivity index (χ0v) is 11.0. The van der Waals surface area contributed by atoms with E-state index in [9.17, 15) is 4.79 Å². The van der Waals surface area contributed by atoms with Gasteiger partial charge in [-0.25, -0.2) is 4.79 Å². The van der Waals surface area contributed by atoms with Crippen molar-refractivity contribution < 1.29 is 14.3 Å². The van der Waals surface area contributed by atoms with Crippen molar-refractivity contribution in [2.24, 2.45) is 0 Å². The van der Waals surface area contributed by atoms with Gasteiger partial charge in [-0.15, -0.1) is 0 Å². The molecule has 20 heavy (non-hydrogen) atoms. The third kappa shape index (κ3) is 3.15. The van der Waals surface area contributed by atoms with Gasteiger partial charge in [0.25, 0.3) is 0 Å². The third-order valence-corrected chi connectivity index (χ3v) is 2.77. The van der Waals surface area contributed by atoms with Gasteiger partial charge < -0.3 is 9.47 Å². The smallest absolute Gasteiger partial charge is 0.343 e. The van der Waals surface area contributed by atoms with Crippen molar-refractivity contribution in [1.29, 1.82) is 5.26 Å². The van der Waals surface area contributed by atoms with Crippen molar-refractivity contribution in [3.8, 4) is 17.6 Å². The molecule has 0 radical (unpaired) electrons. The van der Waals surface area contributed by atoms with Gasteiger partial charge in [0, 0.05) is 5.56 Å². The minimum atomic E-state index is -0.460. The molecule has 4 heteroatoms. The summed E-state index contributed by atoms with van der Waals surface area (Å²) in [5.74, 6) is 0.624. The van der Waals surface area contributed by atoms with E-state index >= 15 is 0 Å². The Hall–Kier alpha value is -2.80. The molecule has 0 spiro atoms. The summed E-state index contributed by atoms with van der Waals surface area (Å²) in [6, 6.07) is 15.7. The summed E-state index contributed by atoms with van der Waals surface area (Å²) in [5, 5.41) is 8.75. The molecule has 2 aromatic carbocycles. The lowest BCUT2D eigenvalue weighted by atomic mass is 10.1. The zero-order valence-electron chi connectivity index (χ0n) is 11.0. The first-order valence-corrected chi connectivity index (χ1v) is 6.05. The first-order chi connectivity index (χ1) is 9.74. The maximum atomic E-state index is 12.0. The first-order valence-electron chi connectivity index (χ1n) is 6.05. The van der Waals surface area contributed by atoms with Gasteiger partial charge in [-0.3, -0.25) is 0 Å². The number of hydrogen-bond acceptors (Lipinski definition) is 4. The fourth-order valence-corrected chi connectivity index (χ4v) is 1.72. The van der Waals surface area contributed by atoms with Crippen LogP contribution in [0.4, 0.5) is 0 Å². The van der Waals surface area contributed by atoms with E-state index in [0.717, 1.165) is 0 Å². The predicted molar refractivity (Wildman–Crippen MR) is 73.7 cm³/mol. The Kier molecular flexibility index (Phi) is 4.35. The zero-order chi connectivity index (χ0) is 14.4. The second kappa shape index (κ2) is 6.39. The van der Waals surface area contributed by atoms with Crippen LogP contribution in [0.1, 0.15) is 15.9 Å². The van der Waals surface area contributed by atoms with E-state index in [1.807, 2.05) is 6.07 Å². The van der Waals surface area contributed by atoms with Crippen LogP contribution in [0, 0.1) is 11.3 Å². The van der Waals surface area contributed by atoms with Crippen LogP contribution in [0.2, 0.25) is 0 Å². The lowest BCUT2D eigenvalue weighted by Gasteiger charge is -2.08. The third-order valence-electron chi connectivity index (χ3n) is 2.77. The van der Waals surface area contributed by atoms with Crippen LogP contribution in [0.3, 0.4) is 0 Å². The van der Waals surface area contributed by atoms with Gasteiger partial charge in [-0.1, -0.05) is 18.2 Å². The first kappa shape index (κ1) is 13.6. The quantitative estimate of drug-likeness (QED) is 0.631. The van der Waals surface area contributed by atoms with Crippen molar-refractivity contribution in [2.75, 3.05) is 7.11 Å². The lowest BCUT2D eigenvalue weighted by molar-refractivity contribution is 0.0733. The molecule has 0 unspecified atom stereocenters. The number of carbonyl (C=O) groups excluding carboxylic acids is 1. The molecule has 0 aliphatic rings. The summed E-state index contributed by atoms with van der Waals surface area (Å²) in [6.07, 6.45) is 0.200. The van der Waals surface area contributed by atoms with E-state index in [1.54, 1.807) is 55.6 Å². The minimum absolute atomic E-state index is 0.200. The highest BCUT2D eigenvalue weighted by Gasteiger charge is 2.11. The molecular formula is C16H13NO3. The van der Waals surface area contributed by atoms with Gasteiger partial charge in [0.2, 0.25) is 0 Å². The van der Waals surface area contributed by atoms with Gasteiger partial charge in [0.1, 0.15) is 11.5 Å². The summed E-state index contributed by atoms with van der Waals surface area (Å²) >= 11 is 0. The number of benzene rings is 2. The average molecular weight is 267 g/mol. The molecule has 0 amide bonds. The largest absolute Gasteiger partial charge is 0.497 e. The number of methoxy groups -OCH3 is 1. The molecule has 0 bridgehead atoms. The van der Waals surface area contributed by atoms with E-state index < -0.39 is 5.97 Å². The predicted octanol–water partition coefficient (Wildman–Crippen LogP) is 2.98. The molecule has 2 rings (SSSR count). The second-order valence-electron chi connectivity index (χ2n) is 4.06. The van der Waals surface area contributed by atoms with Crippen molar-refractivity contribution in [1.82, 2.24) is 0 Å². The Morgan fingerprint density at radius 1 is 1.15 bits per heavy atom. The molecule has 0 aliphatic heterocycles. The average Bonchev–Trinajstić information content (AvgIpc) is 2.49. The number of nitrogens with zero attached hydrogens (tertiary/aromatic N) is 1. The van der Waals surface area contributed by atoms with Gasteiger partial charge in [0.15, 0.2) is 0 Å². The Bertz CT molecular complexity index is 642. The number of nitriles is 1. The van der Waals surface area contributed by atoms with Crippen molar-refractivity contribution in [2.45, 2.75) is 6.42 Å². The van der Waals surface area contributed by atoms with Gasteiger partial charge >= 0.3 is 5.97 Å². The molecule has 0 atom stereocenters. The van der Waals surface area contributed by atoms with Crippen LogP contribution in [-0.4, -0.2) is 13.1 Å². The Morgan fingerprint density at radius 3 is 2.50 bits per heavy atom.